The second kappa shape index (κ2) is 9.98. The average molecular weight is 626 g/mol. The lowest BCUT2D eigenvalue weighted by molar-refractivity contribution is 0.628. The fourth-order valence-electron chi connectivity index (χ4n) is 5.48. The third kappa shape index (κ3) is 4.26. The molecule has 0 radical (unpaired) electrons. The number of rotatable bonds is 3. The maximum absolute atomic E-state index is 14.1. The van der Waals surface area contributed by atoms with Gasteiger partial charge < -0.3 is 9.80 Å². The second-order valence-corrected chi connectivity index (χ2v) is 11.2. The van der Waals surface area contributed by atoms with Gasteiger partial charge in [-0.05, 0) is 67.1 Å². The van der Waals surface area contributed by atoms with E-state index in [1.807, 2.05) is 84.2 Å². The minimum Gasteiger partial charge on any atom is -0.326 e. The second-order valence-electron chi connectivity index (χ2n) is 9.91. The average Bonchev–Trinajstić information content (AvgIpc) is 3.32. The van der Waals surface area contributed by atoms with Crippen LogP contribution in [0.15, 0.2) is 112 Å². The van der Waals surface area contributed by atoms with Gasteiger partial charge in [-0.2, -0.15) is 5.10 Å². The van der Waals surface area contributed by atoms with Gasteiger partial charge in [0.05, 0.1) is 33.8 Å². The summed E-state index contributed by atoms with van der Waals surface area (Å²) in [6.45, 7) is 2.03. The largest absolute Gasteiger partial charge is 0.326 e. The van der Waals surface area contributed by atoms with Crippen LogP contribution in [0.2, 0.25) is 5.02 Å². The molecule has 0 spiro atoms. The minimum absolute atomic E-state index is 0.0423. The number of nitrogens with zero attached hydrogens (tertiary/aromatic N) is 6. The molecule has 2 aliphatic heterocycles. The van der Waals surface area contributed by atoms with Gasteiger partial charge in [-0.3, -0.25) is 0 Å². The number of likely N-dealkylation sites (N-methyl/N-ethyl adjacent to an activating group) is 1. The summed E-state index contributed by atoms with van der Waals surface area (Å²) in [5, 5.41) is 5.02. The number of fused-ring (bicyclic) bond motifs is 4. The van der Waals surface area contributed by atoms with Crippen molar-refractivity contribution in [3.05, 3.63) is 129 Å². The van der Waals surface area contributed by atoms with Crippen molar-refractivity contribution in [3.8, 4) is 5.69 Å². The Labute approximate surface area is 250 Å². The normalized spacial score (nSPS) is 15.4. The molecule has 1 aromatic heterocycles. The molecule has 5 aromatic rings. The first-order valence-corrected chi connectivity index (χ1v) is 14.2. The van der Waals surface area contributed by atoms with E-state index < -0.39 is 5.82 Å². The third-order valence-corrected chi connectivity index (χ3v) is 8.18. The summed E-state index contributed by atoms with van der Waals surface area (Å²) in [6, 6.07) is 30.8. The summed E-state index contributed by atoms with van der Waals surface area (Å²) in [6.07, 6.45) is 0. The third-order valence-electron chi connectivity index (χ3n) is 7.39. The van der Waals surface area contributed by atoms with Crippen molar-refractivity contribution in [1.29, 1.82) is 0 Å². The monoisotopic (exact) mass is 624 g/mol. The van der Waals surface area contributed by atoms with Crippen molar-refractivity contribution in [2.24, 2.45) is 9.98 Å². The Balaban J connectivity index is 1.52. The number of hydrogen-bond donors (Lipinski definition) is 0. The van der Waals surface area contributed by atoms with E-state index in [-0.39, 0.29) is 11.1 Å². The van der Waals surface area contributed by atoms with Gasteiger partial charge in [0.2, 0.25) is 0 Å². The lowest BCUT2D eigenvalue weighted by atomic mass is 9.93. The quantitative estimate of drug-likeness (QED) is 0.202. The van der Waals surface area contributed by atoms with E-state index in [4.69, 9.17) is 26.7 Å². The Kier molecular flexibility index (Phi) is 6.25. The van der Waals surface area contributed by atoms with Crippen LogP contribution in [0, 0.1) is 12.7 Å². The van der Waals surface area contributed by atoms with Gasteiger partial charge in [0.1, 0.15) is 5.82 Å². The van der Waals surface area contributed by atoms with Crippen molar-refractivity contribution in [1.82, 2.24) is 9.78 Å². The Bertz CT molecular complexity index is 1880. The van der Waals surface area contributed by atoms with Crippen LogP contribution in [0.25, 0.3) is 5.69 Å². The van der Waals surface area contributed by atoms with Gasteiger partial charge >= 0.3 is 0 Å². The predicted molar refractivity (Wildman–Crippen MR) is 167 cm³/mol. The molecule has 9 heteroatoms. The molecule has 7 rings (SSSR count). The zero-order valence-electron chi connectivity index (χ0n) is 22.1. The van der Waals surface area contributed by atoms with Crippen LogP contribution in [-0.4, -0.2) is 28.5 Å². The standard InChI is InChI=1S/C32H23BrClFN6/c1-19-28-29(20-9-8-10-21(33)17-20)40-27-14-7-6-13-26(27)36-31(39(2)23-15-16-25(35)24(34)18-23)32(40)37-30(28)41(38-19)22-11-4-3-5-12-22/h3-18,29H,1-2H3/t29-/m1/s1. The van der Waals surface area contributed by atoms with E-state index in [0.717, 1.165) is 44.2 Å². The maximum atomic E-state index is 14.1. The summed E-state index contributed by atoms with van der Waals surface area (Å²) in [5.74, 6) is 1.53. The number of hydrogen-bond acceptors (Lipinski definition) is 5. The van der Waals surface area contributed by atoms with Gasteiger partial charge in [0.15, 0.2) is 17.5 Å². The molecule has 0 bridgehead atoms. The van der Waals surface area contributed by atoms with Crippen molar-refractivity contribution < 1.29 is 4.39 Å². The zero-order valence-corrected chi connectivity index (χ0v) is 24.5. The number of benzene rings is 4. The number of anilines is 2. The van der Waals surface area contributed by atoms with E-state index in [9.17, 15) is 4.39 Å². The molecular weight excluding hydrogens is 603 g/mol. The SMILES string of the molecule is Cc1nn(-c2ccccc2)c2c1[C@@H](c1cccc(Br)c1)N1C(=N2)C(N(C)c2ccc(F)c(Cl)c2)=Nc2ccccc21. The highest BCUT2D eigenvalue weighted by molar-refractivity contribution is 9.10. The molecule has 3 heterocycles. The number of halogens is 3. The Morgan fingerprint density at radius 2 is 1.68 bits per heavy atom. The fourth-order valence-corrected chi connectivity index (χ4v) is 6.07. The summed E-state index contributed by atoms with van der Waals surface area (Å²) < 4.78 is 17.0. The van der Waals surface area contributed by atoms with E-state index in [0.29, 0.717) is 17.4 Å². The van der Waals surface area contributed by atoms with Crippen molar-refractivity contribution in [2.75, 3.05) is 16.8 Å². The molecule has 0 unspecified atom stereocenters. The van der Waals surface area contributed by atoms with Gasteiger partial charge in [0, 0.05) is 22.8 Å². The Morgan fingerprint density at radius 3 is 2.46 bits per heavy atom. The lowest BCUT2D eigenvalue weighted by Crippen LogP contribution is -2.49. The van der Waals surface area contributed by atoms with Gasteiger partial charge in [-0.15, -0.1) is 0 Å². The van der Waals surface area contributed by atoms with E-state index in [1.54, 1.807) is 12.1 Å². The van der Waals surface area contributed by atoms with Crippen molar-refractivity contribution >= 4 is 62.1 Å². The summed E-state index contributed by atoms with van der Waals surface area (Å²) in [5.41, 5.74) is 6.31. The zero-order chi connectivity index (χ0) is 28.2. The molecule has 0 fully saturated rings. The topological polar surface area (TPSA) is 49.0 Å². The maximum Gasteiger partial charge on any atom is 0.179 e. The van der Waals surface area contributed by atoms with Gasteiger partial charge in [-0.25, -0.2) is 19.1 Å². The number of aryl methyl sites for hydroxylation is 1. The van der Waals surface area contributed by atoms with E-state index in [1.165, 1.54) is 6.07 Å². The minimum atomic E-state index is -0.474. The Hall–Kier alpha value is -4.27. The van der Waals surface area contributed by atoms with Crippen molar-refractivity contribution in [3.63, 3.8) is 0 Å². The molecule has 0 saturated heterocycles. The van der Waals surface area contributed by atoms with Crippen LogP contribution < -0.4 is 9.80 Å². The fraction of sp³-hybridized carbons (Fsp3) is 0.0938. The molecule has 2 aliphatic rings. The molecule has 4 aromatic carbocycles. The highest BCUT2D eigenvalue weighted by atomic mass is 79.9. The molecule has 0 saturated carbocycles. The van der Waals surface area contributed by atoms with Crippen LogP contribution in [0.1, 0.15) is 22.9 Å². The van der Waals surface area contributed by atoms with Crippen LogP contribution in [-0.2, 0) is 0 Å². The van der Waals surface area contributed by atoms with Crippen LogP contribution in [0.5, 0.6) is 0 Å². The number of aromatic nitrogens is 2. The Morgan fingerprint density at radius 1 is 0.902 bits per heavy atom. The number of aliphatic imine (C=N–C) groups is 2. The molecule has 1 atom stereocenters. The predicted octanol–water partition coefficient (Wildman–Crippen LogP) is 8.56. The molecule has 0 aliphatic carbocycles. The van der Waals surface area contributed by atoms with Crippen LogP contribution >= 0.6 is 27.5 Å². The molecule has 6 nitrogen and oxygen atoms in total. The molecule has 0 amide bonds. The first-order valence-electron chi connectivity index (χ1n) is 13.1. The van der Waals surface area contributed by atoms with Gasteiger partial charge in [0.25, 0.3) is 0 Å². The van der Waals surface area contributed by atoms with Crippen LogP contribution in [0.3, 0.4) is 0 Å². The van der Waals surface area contributed by atoms with E-state index >= 15 is 0 Å². The highest BCUT2D eigenvalue weighted by Crippen LogP contribution is 2.48. The van der Waals surface area contributed by atoms with Crippen LogP contribution in [0.4, 0.5) is 27.3 Å². The highest BCUT2D eigenvalue weighted by Gasteiger charge is 2.42. The molecule has 0 N–H and O–H groups in total. The smallest absolute Gasteiger partial charge is 0.179 e. The molecule has 41 heavy (non-hydrogen) atoms. The molecule has 202 valence electrons. The first kappa shape index (κ1) is 25.7. The number of para-hydroxylation sites is 3. The lowest BCUT2D eigenvalue weighted by Gasteiger charge is -2.42. The van der Waals surface area contributed by atoms with E-state index in [2.05, 4.69) is 39.0 Å². The molecular formula is C32H23BrClFN6. The first-order chi connectivity index (χ1) is 19.9. The summed E-state index contributed by atoms with van der Waals surface area (Å²) in [7, 11) is 1.89. The van der Waals surface area contributed by atoms with Crippen molar-refractivity contribution in [2.45, 2.75) is 13.0 Å². The summed E-state index contributed by atoms with van der Waals surface area (Å²) >= 11 is 9.88. The summed E-state index contributed by atoms with van der Waals surface area (Å²) in [4.78, 5) is 14.5. The van der Waals surface area contributed by atoms with Gasteiger partial charge in [-0.1, -0.05) is 70.0 Å². The number of amidine groups is 2.